The van der Waals surface area contributed by atoms with Crippen molar-refractivity contribution in [3.8, 4) is 0 Å². The molecule has 0 bridgehead atoms. The van der Waals surface area contributed by atoms with Gasteiger partial charge in [-0.15, -0.1) is 0 Å². The van der Waals surface area contributed by atoms with Gasteiger partial charge in [0, 0.05) is 6.08 Å². The number of carboxylic acid groups (broad SMARTS) is 1. The highest BCUT2D eigenvalue weighted by molar-refractivity contribution is 5.88. The van der Waals surface area contributed by atoms with Gasteiger partial charge in [-0.1, -0.05) is 51.5 Å². The number of nitro groups is 1. The summed E-state index contributed by atoms with van der Waals surface area (Å²) in [5.74, 6) is -1.47. The number of hydrogen-bond acceptors (Lipinski definition) is 3. The van der Waals surface area contributed by atoms with Crippen molar-refractivity contribution in [2.24, 2.45) is 5.92 Å². The van der Waals surface area contributed by atoms with E-state index in [-0.39, 0.29) is 17.2 Å². The molecule has 0 radical (unpaired) electrons. The van der Waals surface area contributed by atoms with E-state index in [1.165, 1.54) is 31.8 Å². The van der Waals surface area contributed by atoms with E-state index in [4.69, 9.17) is 5.11 Å². The summed E-state index contributed by atoms with van der Waals surface area (Å²) >= 11 is 0. The van der Waals surface area contributed by atoms with Gasteiger partial charge in [0.05, 0.1) is 4.92 Å². The average molecular weight is 295 g/mol. The Hall–Kier alpha value is -1.65. The van der Waals surface area contributed by atoms with Crippen LogP contribution in [0.1, 0.15) is 65.2 Å². The van der Waals surface area contributed by atoms with E-state index in [9.17, 15) is 14.9 Å². The van der Waals surface area contributed by atoms with Gasteiger partial charge < -0.3 is 5.11 Å². The molecule has 118 valence electrons. The van der Waals surface area contributed by atoms with Gasteiger partial charge in [0.2, 0.25) is 0 Å². The topological polar surface area (TPSA) is 80.4 Å². The van der Waals surface area contributed by atoms with Crippen LogP contribution in [0.3, 0.4) is 0 Å². The molecule has 0 amide bonds. The van der Waals surface area contributed by atoms with Crippen molar-refractivity contribution in [3.63, 3.8) is 0 Å². The molecule has 1 aliphatic carbocycles. The number of nitrogens with zero attached hydrogens (tertiary/aromatic N) is 1. The minimum Gasteiger partial charge on any atom is -0.478 e. The lowest BCUT2D eigenvalue weighted by Crippen LogP contribution is -2.20. The maximum absolute atomic E-state index is 11.2. The average Bonchev–Trinajstić information content (AvgIpc) is 2.41. The molecule has 0 aromatic carbocycles. The standard InChI is InChI=1S/C16H25NO4/c1-3-4-5-6-7-8-9-13-10-12(2)15(16(18)19)14(11-13)17(20)21/h11-12H,3-10H2,1-2H3,(H,18,19). The summed E-state index contributed by atoms with van der Waals surface area (Å²) in [5.41, 5.74) is 0.712. The second kappa shape index (κ2) is 8.60. The van der Waals surface area contributed by atoms with Gasteiger partial charge >= 0.3 is 5.97 Å². The molecule has 0 aliphatic heterocycles. The van der Waals surface area contributed by atoms with Gasteiger partial charge in [0.25, 0.3) is 5.70 Å². The largest absolute Gasteiger partial charge is 0.478 e. The summed E-state index contributed by atoms with van der Waals surface area (Å²) in [5, 5.41) is 20.2. The van der Waals surface area contributed by atoms with E-state index >= 15 is 0 Å². The van der Waals surface area contributed by atoms with Crippen LogP contribution in [0.15, 0.2) is 22.9 Å². The van der Waals surface area contributed by atoms with E-state index in [0.717, 1.165) is 24.8 Å². The van der Waals surface area contributed by atoms with Crippen LogP contribution in [0.5, 0.6) is 0 Å². The van der Waals surface area contributed by atoms with Gasteiger partial charge in [-0.2, -0.15) is 0 Å². The smallest absolute Gasteiger partial charge is 0.338 e. The molecule has 0 heterocycles. The van der Waals surface area contributed by atoms with E-state index < -0.39 is 10.9 Å². The SMILES string of the molecule is CCCCCCCCC1=CC([N+](=O)[O-])=C(C(=O)O)C(C)C1. The molecular formula is C16H25NO4. The molecule has 0 aromatic rings. The van der Waals surface area contributed by atoms with Gasteiger partial charge in [-0.05, 0) is 25.2 Å². The summed E-state index contributed by atoms with van der Waals surface area (Å²) in [6.45, 7) is 3.93. The maximum atomic E-state index is 11.2. The number of carboxylic acids is 1. The van der Waals surface area contributed by atoms with Crippen LogP contribution in [0.2, 0.25) is 0 Å². The Balaban J connectivity index is 2.62. The van der Waals surface area contributed by atoms with Crippen LogP contribution in [-0.4, -0.2) is 16.0 Å². The molecule has 5 nitrogen and oxygen atoms in total. The Morgan fingerprint density at radius 3 is 2.52 bits per heavy atom. The molecule has 5 heteroatoms. The third-order valence-electron chi connectivity index (χ3n) is 3.96. The van der Waals surface area contributed by atoms with Crippen LogP contribution in [0, 0.1) is 16.0 Å². The molecule has 0 spiro atoms. The molecule has 0 fully saturated rings. The Morgan fingerprint density at radius 1 is 1.33 bits per heavy atom. The summed E-state index contributed by atoms with van der Waals surface area (Å²) < 4.78 is 0. The molecule has 1 aliphatic rings. The molecule has 0 aromatic heterocycles. The zero-order valence-corrected chi connectivity index (χ0v) is 12.9. The van der Waals surface area contributed by atoms with E-state index in [2.05, 4.69) is 6.92 Å². The number of allylic oxidation sites excluding steroid dienone is 2. The van der Waals surface area contributed by atoms with Crippen LogP contribution in [0.4, 0.5) is 0 Å². The molecule has 0 saturated carbocycles. The van der Waals surface area contributed by atoms with Crippen molar-refractivity contribution in [3.05, 3.63) is 33.0 Å². The zero-order chi connectivity index (χ0) is 15.8. The minimum absolute atomic E-state index is 0.0632. The number of unbranched alkanes of at least 4 members (excludes halogenated alkanes) is 5. The van der Waals surface area contributed by atoms with Crippen molar-refractivity contribution in [2.75, 3.05) is 0 Å². The summed E-state index contributed by atoms with van der Waals surface area (Å²) in [6.07, 6.45) is 10.0. The summed E-state index contributed by atoms with van der Waals surface area (Å²) in [7, 11) is 0. The Morgan fingerprint density at radius 2 is 1.95 bits per heavy atom. The highest BCUT2D eigenvalue weighted by Crippen LogP contribution is 2.32. The molecule has 1 atom stereocenters. The molecule has 1 unspecified atom stereocenters. The van der Waals surface area contributed by atoms with Crippen molar-refractivity contribution in [2.45, 2.75) is 65.2 Å². The summed E-state index contributed by atoms with van der Waals surface area (Å²) in [6, 6.07) is 0. The van der Waals surface area contributed by atoms with Crippen LogP contribution >= 0.6 is 0 Å². The minimum atomic E-state index is -1.18. The van der Waals surface area contributed by atoms with Crippen LogP contribution in [0.25, 0.3) is 0 Å². The lowest BCUT2D eigenvalue weighted by Gasteiger charge is -2.19. The normalized spacial score (nSPS) is 18.6. The van der Waals surface area contributed by atoms with Crippen molar-refractivity contribution in [1.82, 2.24) is 0 Å². The number of hydrogen-bond donors (Lipinski definition) is 1. The third kappa shape index (κ3) is 5.33. The fourth-order valence-corrected chi connectivity index (χ4v) is 2.86. The predicted octanol–water partition coefficient (Wildman–Crippen LogP) is 4.32. The van der Waals surface area contributed by atoms with E-state index in [0.29, 0.717) is 6.42 Å². The molecule has 1 N–H and O–H groups in total. The number of aliphatic carboxylic acids is 1. The van der Waals surface area contributed by atoms with E-state index in [1.807, 2.05) is 0 Å². The first-order chi connectivity index (χ1) is 9.97. The van der Waals surface area contributed by atoms with Crippen LogP contribution < -0.4 is 0 Å². The first-order valence-corrected chi connectivity index (χ1v) is 7.78. The van der Waals surface area contributed by atoms with Gasteiger partial charge in [0.1, 0.15) is 5.57 Å². The van der Waals surface area contributed by atoms with Gasteiger partial charge in [-0.3, -0.25) is 10.1 Å². The quantitative estimate of drug-likeness (QED) is 0.390. The molecule has 0 saturated heterocycles. The van der Waals surface area contributed by atoms with Crippen molar-refractivity contribution < 1.29 is 14.8 Å². The third-order valence-corrected chi connectivity index (χ3v) is 3.96. The lowest BCUT2D eigenvalue weighted by molar-refractivity contribution is -0.420. The number of carbonyl (C=O) groups is 1. The van der Waals surface area contributed by atoms with Gasteiger partial charge in [0.15, 0.2) is 0 Å². The van der Waals surface area contributed by atoms with Crippen LogP contribution in [-0.2, 0) is 4.79 Å². The Bertz CT molecular complexity index is 451. The first-order valence-electron chi connectivity index (χ1n) is 7.78. The van der Waals surface area contributed by atoms with E-state index in [1.54, 1.807) is 6.92 Å². The predicted molar refractivity (Wildman–Crippen MR) is 81.5 cm³/mol. The summed E-state index contributed by atoms with van der Waals surface area (Å²) in [4.78, 5) is 21.6. The second-order valence-electron chi connectivity index (χ2n) is 5.79. The Kier molecular flexibility index (Phi) is 7.12. The molecule has 21 heavy (non-hydrogen) atoms. The lowest BCUT2D eigenvalue weighted by atomic mass is 9.85. The second-order valence-corrected chi connectivity index (χ2v) is 5.79. The van der Waals surface area contributed by atoms with Gasteiger partial charge in [-0.25, -0.2) is 4.79 Å². The maximum Gasteiger partial charge on any atom is 0.338 e. The zero-order valence-electron chi connectivity index (χ0n) is 12.9. The fourth-order valence-electron chi connectivity index (χ4n) is 2.86. The molecule has 1 rings (SSSR count). The monoisotopic (exact) mass is 295 g/mol. The van der Waals surface area contributed by atoms with Crippen molar-refractivity contribution in [1.29, 1.82) is 0 Å². The van der Waals surface area contributed by atoms with Crippen molar-refractivity contribution >= 4 is 5.97 Å². The highest BCUT2D eigenvalue weighted by atomic mass is 16.6. The molecular weight excluding hydrogens is 270 g/mol. The first kappa shape index (κ1) is 17.4. The number of rotatable bonds is 9. The highest BCUT2D eigenvalue weighted by Gasteiger charge is 2.31. The Labute approximate surface area is 125 Å². The fraction of sp³-hybridized carbons (Fsp3) is 0.688.